The summed E-state index contributed by atoms with van der Waals surface area (Å²) in [6.07, 6.45) is -0.978. The van der Waals surface area contributed by atoms with Crippen molar-refractivity contribution < 1.29 is 27.0 Å². The Kier molecular flexibility index (Phi) is 5.33. The number of aliphatic hydroxyl groups excluding tert-OH is 2. The molecule has 1 aliphatic heterocycles. The second-order valence-corrected chi connectivity index (χ2v) is 5.66. The van der Waals surface area contributed by atoms with Gasteiger partial charge in [0.15, 0.2) is 0 Å². The molecule has 0 radical (unpaired) electrons. The van der Waals surface area contributed by atoms with E-state index in [0.29, 0.717) is 12.8 Å². The number of hydrogen-bond donors (Lipinski definition) is 2. The maximum atomic E-state index is 11.2. The second-order valence-electron chi connectivity index (χ2n) is 4.46. The quantitative estimate of drug-likeness (QED) is 0.746. The van der Waals surface area contributed by atoms with E-state index in [-0.39, 0.29) is 12.8 Å². The van der Waals surface area contributed by atoms with Crippen molar-refractivity contribution in [2.24, 2.45) is 0 Å². The Balaban J connectivity index is 2.45. The summed E-state index contributed by atoms with van der Waals surface area (Å²) < 4.78 is 31.7. The molecular formula is C10H20O6S. The predicted molar refractivity (Wildman–Crippen MR) is 60.5 cm³/mol. The van der Waals surface area contributed by atoms with Crippen LogP contribution >= 0.6 is 0 Å². The monoisotopic (exact) mass is 268 g/mol. The molecule has 102 valence electrons. The highest BCUT2D eigenvalue weighted by atomic mass is 32.3. The normalized spacial score (nSPS) is 32.0. The lowest BCUT2D eigenvalue weighted by atomic mass is 10.0. The van der Waals surface area contributed by atoms with Gasteiger partial charge in [0, 0.05) is 12.8 Å². The van der Waals surface area contributed by atoms with Gasteiger partial charge in [-0.3, -0.25) is 0 Å². The Morgan fingerprint density at radius 1 is 1.29 bits per heavy atom. The van der Waals surface area contributed by atoms with Gasteiger partial charge in [-0.2, -0.15) is 8.42 Å². The van der Waals surface area contributed by atoms with E-state index in [4.69, 9.17) is 4.18 Å². The van der Waals surface area contributed by atoms with Gasteiger partial charge in [0.05, 0.1) is 24.4 Å². The summed E-state index contributed by atoms with van der Waals surface area (Å²) in [4.78, 5) is 0. The van der Waals surface area contributed by atoms with Crippen LogP contribution < -0.4 is 0 Å². The first-order valence-electron chi connectivity index (χ1n) is 5.80. The van der Waals surface area contributed by atoms with Crippen LogP contribution in [0, 0.1) is 0 Å². The van der Waals surface area contributed by atoms with E-state index in [9.17, 15) is 18.6 Å². The van der Waals surface area contributed by atoms with Crippen LogP contribution in [-0.4, -0.2) is 43.0 Å². The zero-order valence-electron chi connectivity index (χ0n) is 10.1. The predicted octanol–water partition coefficient (Wildman–Crippen LogP) is 0.337. The van der Waals surface area contributed by atoms with E-state index in [2.05, 4.69) is 4.18 Å². The van der Waals surface area contributed by atoms with E-state index in [1.807, 2.05) is 6.92 Å². The Morgan fingerprint density at radius 2 is 1.94 bits per heavy atom. The zero-order valence-corrected chi connectivity index (χ0v) is 10.9. The van der Waals surface area contributed by atoms with E-state index >= 15 is 0 Å². The molecule has 7 heteroatoms. The van der Waals surface area contributed by atoms with Crippen molar-refractivity contribution in [2.45, 2.75) is 63.9 Å². The van der Waals surface area contributed by atoms with Crippen molar-refractivity contribution in [3.63, 3.8) is 0 Å². The SMILES string of the molecule is CCC(O)CC(O)CC1CC(C)OS(=O)(=O)O1. The topological polar surface area (TPSA) is 93.1 Å². The Hall–Kier alpha value is -0.210. The van der Waals surface area contributed by atoms with Crippen LogP contribution in [0.15, 0.2) is 0 Å². The Labute approximate surface area is 102 Å². The minimum absolute atomic E-state index is 0.185. The maximum Gasteiger partial charge on any atom is 0.400 e. The molecule has 1 aliphatic rings. The van der Waals surface area contributed by atoms with Gasteiger partial charge >= 0.3 is 10.4 Å². The second kappa shape index (κ2) is 6.10. The van der Waals surface area contributed by atoms with Crippen LogP contribution in [0.2, 0.25) is 0 Å². The molecule has 0 aromatic heterocycles. The average Bonchev–Trinajstić information content (AvgIpc) is 2.13. The molecule has 0 aromatic carbocycles. The Bertz CT molecular complexity index is 328. The summed E-state index contributed by atoms with van der Waals surface area (Å²) in [5, 5.41) is 19.1. The molecule has 1 rings (SSSR count). The molecule has 1 fully saturated rings. The minimum atomic E-state index is -3.93. The summed E-state index contributed by atoms with van der Waals surface area (Å²) in [6.45, 7) is 3.45. The Morgan fingerprint density at radius 3 is 2.47 bits per heavy atom. The standard InChI is InChI=1S/C10H20O6S/c1-3-8(11)5-9(12)6-10-4-7(2)15-17(13,14)16-10/h7-12H,3-6H2,1-2H3. The fourth-order valence-electron chi connectivity index (χ4n) is 1.86. The third-order valence-corrected chi connectivity index (χ3v) is 3.75. The van der Waals surface area contributed by atoms with Gasteiger partial charge < -0.3 is 10.2 Å². The largest absolute Gasteiger partial charge is 0.400 e. The number of aliphatic hydroxyl groups is 2. The molecular weight excluding hydrogens is 248 g/mol. The summed E-state index contributed by atoms with van der Waals surface area (Å²) >= 11 is 0. The van der Waals surface area contributed by atoms with Gasteiger partial charge in [0.1, 0.15) is 0 Å². The molecule has 17 heavy (non-hydrogen) atoms. The number of hydrogen-bond acceptors (Lipinski definition) is 6. The molecule has 4 atom stereocenters. The maximum absolute atomic E-state index is 11.2. The molecule has 1 heterocycles. The van der Waals surface area contributed by atoms with E-state index < -0.39 is 34.8 Å². The highest BCUT2D eigenvalue weighted by Gasteiger charge is 2.32. The first kappa shape index (κ1) is 14.8. The van der Waals surface area contributed by atoms with Crippen molar-refractivity contribution in [1.29, 1.82) is 0 Å². The van der Waals surface area contributed by atoms with Crippen molar-refractivity contribution >= 4 is 10.4 Å². The number of rotatable bonds is 5. The summed E-state index contributed by atoms with van der Waals surface area (Å²) in [5.74, 6) is 0. The average molecular weight is 268 g/mol. The molecule has 0 aliphatic carbocycles. The summed E-state index contributed by atoms with van der Waals surface area (Å²) in [7, 11) is -3.93. The lowest BCUT2D eigenvalue weighted by Crippen LogP contribution is -2.36. The van der Waals surface area contributed by atoms with Crippen LogP contribution in [0.3, 0.4) is 0 Å². The van der Waals surface area contributed by atoms with Crippen LogP contribution in [0.4, 0.5) is 0 Å². The molecule has 1 saturated heterocycles. The lowest BCUT2D eigenvalue weighted by Gasteiger charge is -2.28. The third-order valence-electron chi connectivity index (χ3n) is 2.68. The fourth-order valence-corrected chi connectivity index (χ4v) is 2.87. The third kappa shape index (κ3) is 5.31. The molecule has 6 nitrogen and oxygen atoms in total. The molecule has 0 bridgehead atoms. The van der Waals surface area contributed by atoms with E-state index in [0.717, 1.165) is 0 Å². The van der Waals surface area contributed by atoms with E-state index in [1.165, 1.54) is 0 Å². The van der Waals surface area contributed by atoms with Gasteiger partial charge in [-0.25, -0.2) is 8.37 Å². The zero-order chi connectivity index (χ0) is 13.1. The fraction of sp³-hybridized carbons (Fsp3) is 1.00. The van der Waals surface area contributed by atoms with Gasteiger partial charge in [-0.05, 0) is 19.8 Å². The van der Waals surface area contributed by atoms with Gasteiger partial charge in [-0.15, -0.1) is 0 Å². The van der Waals surface area contributed by atoms with E-state index in [1.54, 1.807) is 6.92 Å². The summed E-state index contributed by atoms with van der Waals surface area (Å²) in [6, 6.07) is 0. The van der Waals surface area contributed by atoms with Crippen LogP contribution in [0.1, 0.15) is 39.5 Å². The van der Waals surface area contributed by atoms with Crippen molar-refractivity contribution in [3.8, 4) is 0 Å². The minimum Gasteiger partial charge on any atom is -0.393 e. The molecule has 0 amide bonds. The highest BCUT2D eigenvalue weighted by molar-refractivity contribution is 7.81. The van der Waals surface area contributed by atoms with Crippen molar-refractivity contribution in [3.05, 3.63) is 0 Å². The van der Waals surface area contributed by atoms with Gasteiger partial charge in [-0.1, -0.05) is 6.92 Å². The molecule has 0 aromatic rings. The molecule has 2 N–H and O–H groups in total. The van der Waals surface area contributed by atoms with Crippen molar-refractivity contribution in [2.75, 3.05) is 0 Å². The van der Waals surface area contributed by atoms with Crippen LogP contribution in [0.25, 0.3) is 0 Å². The van der Waals surface area contributed by atoms with Gasteiger partial charge in [0.2, 0.25) is 0 Å². The van der Waals surface area contributed by atoms with Gasteiger partial charge in [0.25, 0.3) is 0 Å². The summed E-state index contributed by atoms with van der Waals surface area (Å²) in [5.41, 5.74) is 0. The molecule has 0 saturated carbocycles. The smallest absolute Gasteiger partial charge is 0.393 e. The lowest BCUT2D eigenvalue weighted by molar-refractivity contribution is 0.00527. The molecule has 4 unspecified atom stereocenters. The first-order chi connectivity index (χ1) is 7.82. The first-order valence-corrected chi connectivity index (χ1v) is 7.13. The molecule has 0 spiro atoms. The van der Waals surface area contributed by atoms with Crippen LogP contribution in [0.5, 0.6) is 0 Å². The van der Waals surface area contributed by atoms with Crippen LogP contribution in [-0.2, 0) is 18.8 Å². The highest BCUT2D eigenvalue weighted by Crippen LogP contribution is 2.23. The van der Waals surface area contributed by atoms with Crippen molar-refractivity contribution in [1.82, 2.24) is 0 Å².